The molecule has 0 unspecified atom stereocenters. The van der Waals surface area contributed by atoms with Crippen LogP contribution in [-0.2, 0) is 4.74 Å². The van der Waals surface area contributed by atoms with E-state index in [1.807, 2.05) is 0 Å². The van der Waals surface area contributed by atoms with Crippen molar-refractivity contribution in [1.29, 1.82) is 0 Å². The first kappa shape index (κ1) is 12.5. The van der Waals surface area contributed by atoms with Gasteiger partial charge in [0.2, 0.25) is 5.95 Å². The van der Waals surface area contributed by atoms with E-state index >= 15 is 0 Å². The number of pyridine rings is 1. The molecule has 0 aliphatic rings. The van der Waals surface area contributed by atoms with E-state index in [9.17, 15) is 18.0 Å². The van der Waals surface area contributed by atoms with Crippen molar-refractivity contribution in [3.05, 3.63) is 28.8 Å². The van der Waals surface area contributed by atoms with E-state index in [0.717, 1.165) is 6.07 Å². The maximum atomic E-state index is 13.1. The Bertz CT molecular complexity index is 407. The van der Waals surface area contributed by atoms with Crippen molar-refractivity contribution in [3.8, 4) is 0 Å². The summed E-state index contributed by atoms with van der Waals surface area (Å²) in [5.74, 6) is -1.91. The third-order valence-corrected chi connectivity index (χ3v) is 1.95. The van der Waals surface area contributed by atoms with Gasteiger partial charge in [-0.2, -0.15) is 4.39 Å². The molecule has 3 nitrogen and oxygen atoms in total. The van der Waals surface area contributed by atoms with Crippen LogP contribution in [0.1, 0.15) is 35.0 Å². The lowest BCUT2D eigenvalue weighted by Gasteiger charge is -2.08. The van der Waals surface area contributed by atoms with Crippen LogP contribution in [0, 0.1) is 12.9 Å². The van der Waals surface area contributed by atoms with Crippen LogP contribution in [-0.4, -0.2) is 17.6 Å². The van der Waals surface area contributed by atoms with E-state index in [4.69, 9.17) is 0 Å². The molecule has 0 aliphatic heterocycles. The van der Waals surface area contributed by atoms with Gasteiger partial charge >= 0.3 is 5.97 Å². The molecule has 0 amide bonds. The van der Waals surface area contributed by atoms with E-state index in [1.165, 1.54) is 6.92 Å². The van der Waals surface area contributed by atoms with Gasteiger partial charge in [0.25, 0.3) is 6.43 Å². The highest BCUT2D eigenvalue weighted by molar-refractivity contribution is 5.91. The Kier molecular flexibility index (Phi) is 3.87. The zero-order chi connectivity index (χ0) is 12.3. The van der Waals surface area contributed by atoms with Crippen LogP contribution < -0.4 is 0 Å². The number of rotatable bonds is 3. The minimum Gasteiger partial charge on any atom is -0.462 e. The van der Waals surface area contributed by atoms with Crippen LogP contribution in [0.5, 0.6) is 0 Å². The number of nitrogens with zero attached hydrogens (tertiary/aromatic N) is 1. The summed E-state index contributed by atoms with van der Waals surface area (Å²) in [7, 11) is 0. The molecule has 0 saturated heterocycles. The maximum Gasteiger partial charge on any atom is 0.338 e. The quantitative estimate of drug-likeness (QED) is 0.595. The third-order valence-electron chi connectivity index (χ3n) is 1.95. The molecule has 0 bridgehead atoms. The SMILES string of the molecule is CCOC(=O)c1cc(C(F)F)nc(F)c1C. The van der Waals surface area contributed by atoms with E-state index in [0.29, 0.717) is 0 Å². The average Bonchev–Trinajstić information content (AvgIpc) is 2.21. The van der Waals surface area contributed by atoms with Crippen molar-refractivity contribution < 1.29 is 22.7 Å². The average molecular weight is 233 g/mol. The molecule has 0 atom stereocenters. The normalized spacial score (nSPS) is 10.6. The second kappa shape index (κ2) is 4.96. The molecule has 88 valence electrons. The lowest BCUT2D eigenvalue weighted by atomic mass is 10.1. The Morgan fingerprint density at radius 2 is 2.19 bits per heavy atom. The Hall–Kier alpha value is -1.59. The molecule has 1 rings (SSSR count). The molecule has 6 heteroatoms. The van der Waals surface area contributed by atoms with Crippen molar-refractivity contribution in [3.63, 3.8) is 0 Å². The Balaban J connectivity index is 3.21. The molecule has 1 aromatic rings. The first-order chi connectivity index (χ1) is 7.47. The van der Waals surface area contributed by atoms with Crippen LogP contribution in [0.15, 0.2) is 6.07 Å². The predicted molar refractivity (Wildman–Crippen MR) is 49.8 cm³/mol. The van der Waals surface area contributed by atoms with Gasteiger partial charge in [0.05, 0.1) is 12.2 Å². The Morgan fingerprint density at radius 3 is 2.69 bits per heavy atom. The zero-order valence-corrected chi connectivity index (χ0v) is 8.76. The summed E-state index contributed by atoms with van der Waals surface area (Å²) in [5.41, 5.74) is -1.08. The van der Waals surface area contributed by atoms with E-state index in [-0.39, 0.29) is 17.7 Å². The summed E-state index contributed by atoms with van der Waals surface area (Å²) in [6.07, 6.45) is -2.93. The lowest BCUT2D eigenvalue weighted by molar-refractivity contribution is 0.0524. The summed E-state index contributed by atoms with van der Waals surface area (Å²) in [4.78, 5) is 14.4. The molecule has 0 aliphatic carbocycles. The highest BCUT2D eigenvalue weighted by Gasteiger charge is 2.19. The second-order valence-corrected chi connectivity index (χ2v) is 3.03. The van der Waals surface area contributed by atoms with Crippen molar-refractivity contribution in [2.24, 2.45) is 0 Å². The lowest BCUT2D eigenvalue weighted by Crippen LogP contribution is -2.10. The van der Waals surface area contributed by atoms with Gasteiger partial charge in [-0.3, -0.25) is 0 Å². The van der Waals surface area contributed by atoms with Crippen molar-refractivity contribution in [1.82, 2.24) is 4.98 Å². The molecule has 16 heavy (non-hydrogen) atoms. The maximum absolute atomic E-state index is 13.1. The number of hydrogen-bond acceptors (Lipinski definition) is 3. The second-order valence-electron chi connectivity index (χ2n) is 3.03. The number of carbonyl (C=O) groups excluding carboxylic acids is 1. The number of halogens is 3. The molecular formula is C10H10F3NO2. The van der Waals surface area contributed by atoms with E-state index in [1.54, 1.807) is 6.92 Å². The molecule has 0 fully saturated rings. The first-order valence-electron chi connectivity index (χ1n) is 4.59. The van der Waals surface area contributed by atoms with Crippen molar-refractivity contribution >= 4 is 5.97 Å². The van der Waals surface area contributed by atoms with E-state index in [2.05, 4.69) is 9.72 Å². The van der Waals surface area contributed by atoms with Gasteiger partial charge in [-0.25, -0.2) is 18.6 Å². The first-order valence-corrected chi connectivity index (χ1v) is 4.59. The number of hydrogen-bond donors (Lipinski definition) is 0. The molecular weight excluding hydrogens is 223 g/mol. The van der Waals surface area contributed by atoms with Gasteiger partial charge < -0.3 is 4.74 Å². The fourth-order valence-electron chi connectivity index (χ4n) is 1.13. The molecule has 0 radical (unpaired) electrons. The van der Waals surface area contributed by atoms with Gasteiger partial charge in [0.1, 0.15) is 5.69 Å². The Labute approximate surface area is 90.2 Å². The fourth-order valence-corrected chi connectivity index (χ4v) is 1.13. The van der Waals surface area contributed by atoms with Gasteiger partial charge in [0.15, 0.2) is 0 Å². The highest BCUT2D eigenvalue weighted by atomic mass is 19.3. The van der Waals surface area contributed by atoms with Gasteiger partial charge in [-0.05, 0) is 19.9 Å². The highest BCUT2D eigenvalue weighted by Crippen LogP contribution is 2.21. The van der Waals surface area contributed by atoms with E-state index < -0.39 is 24.0 Å². The standard InChI is InChI=1S/C10H10F3NO2/c1-3-16-10(15)6-4-7(8(11)12)14-9(13)5(6)2/h4,8H,3H2,1-2H3. The molecule has 0 aromatic carbocycles. The molecule has 0 saturated carbocycles. The van der Waals surface area contributed by atoms with Crippen LogP contribution in [0.2, 0.25) is 0 Å². The summed E-state index contributed by atoms with van der Waals surface area (Å²) in [5, 5.41) is 0. The fraction of sp³-hybridized carbons (Fsp3) is 0.400. The molecule has 1 aromatic heterocycles. The summed E-state index contributed by atoms with van der Waals surface area (Å²) in [6, 6.07) is 0.848. The van der Waals surface area contributed by atoms with Gasteiger partial charge in [-0.15, -0.1) is 0 Å². The number of ether oxygens (including phenoxy) is 1. The molecule has 0 spiro atoms. The monoisotopic (exact) mass is 233 g/mol. The van der Waals surface area contributed by atoms with Crippen molar-refractivity contribution in [2.45, 2.75) is 20.3 Å². The molecule has 0 N–H and O–H groups in total. The number of aromatic nitrogens is 1. The van der Waals surface area contributed by atoms with Gasteiger partial charge in [-0.1, -0.05) is 0 Å². The molecule has 1 heterocycles. The summed E-state index contributed by atoms with van der Waals surface area (Å²) in [6.45, 7) is 2.94. The minimum absolute atomic E-state index is 0.0895. The van der Waals surface area contributed by atoms with Gasteiger partial charge in [0, 0.05) is 5.56 Å². The minimum atomic E-state index is -2.93. The number of alkyl halides is 2. The van der Waals surface area contributed by atoms with Crippen molar-refractivity contribution in [2.75, 3.05) is 6.61 Å². The largest absolute Gasteiger partial charge is 0.462 e. The summed E-state index contributed by atoms with van der Waals surface area (Å²) < 4.78 is 42.4. The predicted octanol–water partition coefficient (Wildman–Crippen LogP) is 2.64. The van der Waals surface area contributed by atoms with Crippen LogP contribution in [0.3, 0.4) is 0 Å². The third kappa shape index (κ3) is 2.50. The smallest absolute Gasteiger partial charge is 0.338 e. The van der Waals surface area contributed by atoms with Crippen LogP contribution >= 0.6 is 0 Å². The topological polar surface area (TPSA) is 39.2 Å². The zero-order valence-electron chi connectivity index (χ0n) is 8.76. The van der Waals surface area contributed by atoms with Crippen LogP contribution in [0.25, 0.3) is 0 Å². The van der Waals surface area contributed by atoms with Crippen LogP contribution in [0.4, 0.5) is 13.2 Å². The Morgan fingerprint density at radius 1 is 1.56 bits per heavy atom. The summed E-state index contributed by atoms with van der Waals surface area (Å²) >= 11 is 0. The number of esters is 1. The number of carbonyl (C=O) groups is 1.